The molecule has 0 spiro atoms. The zero-order chi connectivity index (χ0) is 14.5. The highest BCUT2D eigenvalue weighted by Crippen LogP contribution is 2.29. The van der Waals surface area contributed by atoms with E-state index in [1.165, 1.54) is 6.07 Å². The minimum absolute atomic E-state index is 0.0382. The number of rotatable bonds is 4. The fraction of sp³-hybridized carbons (Fsp3) is 0.562. The molecule has 1 aliphatic rings. The summed E-state index contributed by atoms with van der Waals surface area (Å²) in [6.45, 7) is 2.53. The van der Waals surface area contributed by atoms with E-state index in [0.717, 1.165) is 25.7 Å². The van der Waals surface area contributed by atoms with Crippen LogP contribution in [0.25, 0.3) is 0 Å². The number of nitrogens with two attached hydrogens (primary N) is 1. The van der Waals surface area contributed by atoms with E-state index >= 15 is 0 Å². The lowest BCUT2D eigenvalue weighted by molar-refractivity contribution is -0.126. The van der Waals surface area contributed by atoms with Crippen LogP contribution in [0.4, 0.5) is 4.39 Å². The zero-order valence-electron chi connectivity index (χ0n) is 11.9. The van der Waals surface area contributed by atoms with Crippen molar-refractivity contribution in [1.29, 1.82) is 0 Å². The number of carbonyl (C=O) groups is 1. The van der Waals surface area contributed by atoms with Crippen molar-refractivity contribution in [3.8, 4) is 0 Å². The molecule has 1 saturated carbocycles. The average Bonchev–Trinajstić information content (AvgIpc) is 2.47. The van der Waals surface area contributed by atoms with Crippen LogP contribution < -0.4 is 11.1 Å². The van der Waals surface area contributed by atoms with Crippen LogP contribution in [-0.2, 0) is 4.79 Å². The third kappa shape index (κ3) is 3.57. The highest BCUT2D eigenvalue weighted by Gasteiger charge is 2.26. The van der Waals surface area contributed by atoms with Gasteiger partial charge >= 0.3 is 0 Å². The van der Waals surface area contributed by atoms with Crippen LogP contribution in [0.5, 0.6) is 0 Å². The predicted molar refractivity (Wildman–Crippen MR) is 77.5 cm³/mol. The molecule has 3 N–H and O–H groups in total. The van der Waals surface area contributed by atoms with Crippen molar-refractivity contribution in [2.45, 2.75) is 38.6 Å². The normalized spacial score (nSPS) is 24.1. The fourth-order valence-electron chi connectivity index (χ4n) is 2.90. The van der Waals surface area contributed by atoms with Crippen molar-refractivity contribution >= 4 is 5.91 Å². The average molecular weight is 278 g/mol. The molecule has 0 aliphatic heterocycles. The molecule has 4 heteroatoms. The molecule has 1 amide bonds. The second kappa shape index (κ2) is 6.84. The molecule has 110 valence electrons. The first-order valence-electron chi connectivity index (χ1n) is 7.36. The van der Waals surface area contributed by atoms with E-state index in [1.807, 2.05) is 6.92 Å². The quantitative estimate of drug-likeness (QED) is 0.889. The first-order valence-corrected chi connectivity index (χ1v) is 7.36. The van der Waals surface area contributed by atoms with E-state index in [0.29, 0.717) is 18.0 Å². The van der Waals surface area contributed by atoms with Gasteiger partial charge in [-0.05, 0) is 51.1 Å². The second-order valence-electron chi connectivity index (χ2n) is 5.71. The standard InChI is InChI=1S/C16H23FN2O/c1-11(14-4-2-3-5-15(14)17)19-16(20)13-8-6-12(10-18)7-9-13/h2-5,11-13H,6-10,18H2,1H3,(H,19,20)/t11-,12?,13?/m1/s1. The summed E-state index contributed by atoms with van der Waals surface area (Å²) in [5.41, 5.74) is 6.19. The smallest absolute Gasteiger partial charge is 0.223 e. The van der Waals surface area contributed by atoms with Crippen LogP contribution in [0.15, 0.2) is 24.3 Å². The lowest BCUT2D eigenvalue weighted by atomic mass is 9.81. The van der Waals surface area contributed by atoms with Gasteiger partial charge in [0.1, 0.15) is 5.82 Å². The summed E-state index contributed by atoms with van der Waals surface area (Å²) in [7, 11) is 0. The molecule has 0 aromatic heterocycles. The van der Waals surface area contributed by atoms with E-state index in [4.69, 9.17) is 5.73 Å². The molecule has 0 saturated heterocycles. The van der Waals surface area contributed by atoms with Gasteiger partial charge in [-0.2, -0.15) is 0 Å². The Balaban J connectivity index is 1.90. The van der Waals surface area contributed by atoms with Crippen molar-refractivity contribution in [3.05, 3.63) is 35.6 Å². The zero-order valence-corrected chi connectivity index (χ0v) is 11.9. The minimum atomic E-state index is -0.295. The minimum Gasteiger partial charge on any atom is -0.349 e. The second-order valence-corrected chi connectivity index (χ2v) is 5.71. The summed E-state index contributed by atoms with van der Waals surface area (Å²) in [5, 5.41) is 2.93. The molecule has 1 fully saturated rings. The molecule has 20 heavy (non-hydrogen) atoms. The monoisotopic (exact) mass is 278 g/mol. The maximum absolute atomic E-state index is 13.7. The Labute approximate surface area is 119 Å². The van der Waals surface area contributed by atoms with Crippen LogP contribution in [0.2, 0.25) is 0 Å². The molecule has 0 unspecified atom stereocenters. The molecule has 2 rings (SSSR count). The first-order chi connectivity index (χ1) is 9.61. The Morgan fingerprint density at radius 3 is 2.60 bits per heavy atom. The summed E-state index contributed by atoms with van der Waals surface area (Å²) < 4.78 is 13.7. The van der Waals surface area contributed by atoms with E-state index in [-0.39, 0.29) is 23.7 Å². The highest BCUT2D eigenvalue weighted by molar-refractivity contribution is 5.79. The Morgan fingerprint density at radius 1 is 1.35 bits per heavy atom. The maximum Gasteiger partial charge on any atom is 0.223 e. The van der Waals surface area contributed by atoms with Gasteiger partial charge in [0, 0.05) is 11.5 Å². The molecule has 0 bridgehead atoms. The molecule has 0 radical (unpaired) electrons. The van der Waals surface area contributed by atoms with E-state index < -0.39 is 0 Å². The van der Waals surface area contributed by atoms with Crippen LogP contribution in [0, 0.1) is 17.7 Å². The number of nitrogens with one attached hydrogen (secondary N) is 1. The lowest BCUT2D eigenvalue weighted by Gasteiger charge is -2.28. The number of hydrogen-bond acceptors (Lipinski definition) is 2. The van der Waals surface area contributed by atoms with Crippen molar-refractivity contribution in [2.75, 3.05) is 6.54 Å². The molecular formula is C16H23FN2O. The third-order valence-electron chi connectivity index (χ3n) is 4.28. The van der Waals surface area contributed by atoms with Crippen LogP contribution >= 0.6 is 0 Å². The van der Waals surface area contributed by atoms with E-state index in [1.54, 1.807) is 18.2 Å². The van der Waals surface area contributed by atoms with Gasteiger partial charge in [-0.15, -0.1) is 0 Å². The van der Waals surface area contributed by atoms with Gasteiger partial charge in [0.15, 0.2) is 0 Å². The van der Waals surface area contributed by atoms with Crippen LogP contribution in [0.3, 0.4) is 0 Å². The number of amides is 1. The molecular weight excluding hydrogens is 255 g/mol. The molecule has 3 nitrogen and oxygen atoms in total. The van der Waals surface area contributed by atoms with Crippen LogP contribution in [0.1, 0.15) is 44.2 Å². The topological polar surface area (TPSA) is 55.1 Å². The Morgan fingerprint density at radius 2 is 2.00 bits per heavy atom. The van der Waals surface area contributed by atoms with Gasteiger partial charge in [-0.25, -0.2) is 4.39 Å². The Hall–Kier alpha value is -1.42. The Bertz CT molecular complexity index is 456. The fourth-order valence-corrected chi connectivity index (χ4v) is 2.90. The van der Waals surface area contributed by atoms with Crippen molar-refractivity contribution in [1.82, 2.24) is 5.32 Å². The first kappa shape index (κ1) is 15.0. The summed E-state index contributed by atoms with van der Waals surface area (Å²) in [6, 6.07) is 6.28. The maximum atomic E-state index is 13.7. The predicted octanol–water partition coefficient (Wildman–Crippen LogP) is 2.77. The molecule has 1 atom stereocenters. The van der Waals surface area contributed by atoms with E-state index in [2.05, 4.69) is 5.32 Å². The van der Waals surface area contributed by atoms with Crippen molar-refractivity contribution in [3.63, 3.8) is 0 Å². The summed E-state index contributed by atoms with van der Waals surface area (Å²) in [6.07, 6.45) is 3.81. The van der Waals surface area contributed by atoms with Crippen molar-refractivity contribution in [2.24, 2.45) is 17.6 Å². The highest BCUT2D eigenvalue weighted by atomic mass is 19.1. The summed E-state index contributed by atoms with van der Waals surface area (Å²) in [5.74, 6) is 0.374. The third-order valence-corrected chi connectivity index (χ3v) is 4.28. The van der Waals surface area contributed by atoms with Gasteiger partial charge in [-0.3, -0.25) is 4.79 Å². The van der Waals surface area contributed by atoms with Crippen molar-refractivity contribution < 1.29 is 9.18 Å². The summed E-state index contributed by atoms with van der Waals surface area (Å²) >= 11 is 0. The van der Waals surface area contributed by atoms with Crippen LogP contribution in [-0.4, -0.2) is 12.5 Å². The van der Waals surface area contributed by atoms with Gasteiger partial charge in [0.05, 0.1) is 6.04 Å². The molecule has 1 aromatic carbocycles. The lowest BCUT2D eigenvalue weighted by Crippen LogP contribution is -2.35. The van der Waals surface area contributed by atoms with Gasteiger partial charge in [-0.1, -0.05) is 18.2 Å². The van der Waals surface area contributed by atoms with E-state index in [9.17, 15) is 9.18 Å². The molecule has 0 heterocycles. The molecule has 1 aromatic rings. The Kier molecular flexibility index (Phi) is 5.12. The van der Waals surface area contributed by atoms with Gasteiger partial charge < -0.3 is 11.1 Å². The molecule has 1 aliphatic carbocycles. The summed E-state index contributed by atoms with van der Waals surface area (Å²) in [4.78, 5) is 12.2. The number of halogens is 1. The number of carbonyl (C=O) groups excluding carboxylic acids is 1. The number of benzene rings is 1. The van der Waals surface area contributed by atoms with Gasteiger partial charge in [0.25, 0.3) is 0 Å². The van der Waals surface area contributed by atoms with Gasteiger partial charge in [0.2, 0.25) is 5.91 Å². The SMILES string of the molecule is C[C@@H](NC(=O)C1CCC(CN)CC1)c1ccccc1F. The number of hydrogen-bond donors (Lipinski definition) is 2. The largest absolute Gasteiger partial charge is 0.349 e.